The molecule has 11 heavy (non-hydrogen) atoms. The maximum Gasteiger partial charge on any atom is 0.337 e. The van der Waals surface area contributed by atoms with Gasteiger partial charge in [-0.1, -0.05) is 23.4 Å². The fourth-order valence-corrected chi connectivity index (χ4v) is 1.34. The lowest BCUT2D eigenvalue weighted by atomic mass is 10.5. The summed E-state index contributed by atoms with van der Waals surface area (Å²) in [4.78, 5) is 10.8. The Morgan fingerprint density at radius 1 is 1.82 bits per heavy atom. The number of amidine groups is 1. The molecule has 0 spiro atoms. The van der Waals surface area contributed by atoms with E-state index in [9.17, 15) is 4.79 Å². The molecular weight excluding hydrogens is 188 g/mol. The monoisotopic (exact) mass is 196 g/mol. The molecule has 0 bridgehead atoms. The average molecular weight is 197 g/mol. The van der Waals surface area contributed by atoms with E-state index >= 15 is 0 Å². The Morgan fingerprint density at radius 2 is 2.27 bits per heavy atom. The molecule has 3 N–H and O–H groups in total. The summed E-state index contributed by atoms with van der Waals surface area (Å²) in [6.07, 6.45) is 0. The zero-order chi connectivity index (χ0) is 9.07. The molecule has 0 aliphatic rings. The van der Waals surface area contributed by atoms with E-state index in [-0.39, 0.29) is 5.17 Å². The number of methoxy groups -OCH3 is 1. The van der Waals surface area contributed by atoms with Gasteiger partial charge in [0.1, 0.15) is 0 Å². The molecule has 0 saturated heterocycles. The van der Waals surface area contributed by atoms with E-state index in [4.69, 9.17) is 22.7 Å². The molecule has 0 aromatic heterocycles. The molecule has 0 aromatic rings. The molecule has 0 heterocycles. The number of rotatable bonds is 2. The second-order valence-corrected chi connectivity index (χ2v) is 4.32. The van der Waals surface area contributed by atoms with Crippen LogP contribution in [0.15, 0.2) is 0 Å². The van der Waals surface area contributed by atoms with Gasteiger partial charge in [0, 0.05) is 0 Å². The normalized spacial score (nSPS) is 15.2. The molecule has 64 valence electrons. The van der Waals surface area contributed by atoms with Crippen molar-refractivity contribution >= 4 is 34.5 Å². The van der Waals surface area contributed by atoms with Crippen molar-refractivity contribution in [2.24, 2.45) is 5.73 Å². The van der Waals surface area contributed by atoms with Gasteiger partial charge in [0.15, 0.2) is 9.37 Å². The zero-order valence-corrected chi connectivity index (χ0v) is 7.75. The highest BCUT2D eigenvalue weighted by Gasteiger charge is 2.33. The average Bonchev–Trinajstić information content (AvgIpc) is 1.83. The number of thioether (sulfide) groups is 1. The first-order valence-corrected chi connectivity index (χ1v) is 3.90. The molecule has 0 rings (SSSR count). The van der Waals surface area contributed by atoms with Gasteiger partial charge in [0.2, 0.25) is 0 Å². The van der Waals surface area contributed by atoms with Gasteiger partial charge in [-0.2, -0.15) is 0 Å². The predicted molar refractivity (Wildman–Crippen MR) is 45.8 cm³/mol. The standard InChI is InChI=1S/C5H9ClN2O2S/c1-5(6,3(9)10-2)11-4(7)8/h1-2H3,(H3,7,8). The number of carbonyl (C=O) groups excluding carboxylic acids is 1. The molecule has 0 saturated carbocycles. The second-order valence-electron chi connectivity index (χ2n) is 1.87. The van der Waals surface area contributed by atoms with Gasteiger partial charge in [-0.15, -0.1) is 0 Å². The van der Waals surface area contributed by atoms with Gasteiger partial charge in [-0.3, -0.25) is 5.41 Å². The number of esters is 1. The van der Waals surface area contributed by atoms with Crippen molar-refractivity contribution in [1.82, 2.24) is 0 Å². The smallest absolute Gasteiger partial charge is 0.337 e. The summed E-state index contributed by atoms with van der Waals surface area (Å²) < 4.78 is 3.08. The number of hydrogen-bond donors (Lipinski definition) is 2. The molecule has 0 fully saturated rings. The van der Waals surface area contributed by atoms with E-state index < -0.39 is 10.2 Å². The van der Waals surface area contributed by atoms with E-state index in [2.05, 4.69) is 4.74 Å². The molecule has 1 atom stereocenters. The molecule has 0 aliphatic carbocycles. The first-order chi connectivity index (χ1) is 4.90. The van der Waals surface area contributed by atoms with Gasteiger partial charge < -0.3 is 10.5 Å². The van der Waals surface area contributed by atoms with Crippen LogP contribution in [0, 0.1) is 5.41 Å². The highest BCUT2D eigenvalue weighted by molar-refractivity contribution is 8.16. The minimum absolute atomic E-state index is 0.215. The topological polar surface area (TPSA) is 76.2 Å². The maximum atomic E-state index is 10.8. The first-order valence-electron chi connectivity index (χ1n) is 2.70. The van der Waals surface area contributed by atoms with Crippen LogP contribution in [0.3, 0.4) is 0 Å². The Kier molecular flexibility index (Phi) is 3.68. The number of carbonyl (C=O) groups is 1. The quantitative estimate of drug-likeness (QED) is 0.296. The highest BCUT2D eigenvalue weighted by atomic mass is 35.5. The number of hydrogen-bond acceptors (Lipinski definition) is 4. The molecule has 0 aliphatic heterocycles. The molecule has 1 unspecified atom stereocenters. The SMILES string of the molecule is COC(=O)C(C)(Cl)SC(=N)N. The first kappa shape index (κ1) is 10.6. The summed E-state index contributed by atoms with van der Waals surface area (Å²) in [7, 11) is 1.23. The fraction of sp³-hybridized carbons (Fsp3) is 0.600. The molecule has 0 amide bonds. The van der Waals surface area contributed by atoms with Crippen LogP contribution in [0.2, 0.25) is 0 Å². The van der Waals surface area contributed by atoms with Crippen molar-refractivity contribution < 1.29 is 9.53 Å². The highest BCUT2D eigenvalue weighted by Crippen LogP contribution is 2.30. The number of nitrogens with one attached hydrogen (secondary N) is 1. The van der Waals surface area contributed by atoms with Gasteiger partial charge in [0.25, 0.3) is 0 Å². The maximum absolute atomic E-state index is 10.8. The van der Waals surface area contributed by atoms with Crippen LogP contribution in [-0.2, 0) is 9.53 Å². The zero-order valence-electron chi connectivity index (χ0n) is 6.18. The van der Waals surface area contributed by atoms with Crippen LogP contribution < -0.4 is 5.73 Å². The Bertz CT molecular complexity index is 183. The van der Waals surface area contributed by atoms with E-state index in [0.717, 1.165) is 11.8 Å². The van der Waals surface area contributed by atoms with E-state index in [1.54, 1.807) is 0 Å². The van der Waals surface area contributed by atoms with Crippen molar-refractivity contribution in [3.8, 4) is 0 Å². The van der Waals surface area contributed by atoms with Crippen molar-refractivity contribution in [3.05, 3.63) is 0 Å². The van der Waals surface area contributed by atoms with Crippen molar-refractivity contribution in [2.75, 3.05) is 7.11 Å². The third-order valence-corrected chi connectivity index (χ3v) is 2.01. The van der Waals surface area contributed by atoms with Crippen LogP contribution >= 0.6 is 23.4 Å². The summed E-state index contributed by atoms with van der Waals surface area (Å²) in [6, 6.07) is 0. The summed E-state index contributed by atoms with van der Waals surface area (Å²) in [6.45, 7) is 1.42. The minimum Gasteiger partial charge on any atom is -0.467 e. The lowest BCUT2D eigenvalue weighted by Crippen LogP contribution is -2.29. The number of nitrogens with two attached hydrogens (primary N) is 1. The summed E-state index contributed by atoms with van der Waals surface area (Å²) in [5, 5.41) is 6.65. The van der Waals surface area contributed by atoms with Crippen LogP contribution in [0.5, 0.6) is 0 Å². The van der Waals surface area contributed by atoms with Gasteiger partial charge in [-0.05, 0) is 6.92 Å². The van der Waals surface area contributed by atoms with Crippen molar-refractivity contribution in [2.45, 2.75) is 11.1 Å². The Labute approximate surface area is 73.9 Å². The summed E-state index contributed by atoms with van der Waals surface area (Å²) in [5.41, 5.74) is 5.03. The number of ether oxygens (including phenoxy) is 1. The lowest BCUT2D eigenvalue weighted by Gasteiger charge is -2.16. The van der Waals surface area contributed by atoms with Gasteiger partial charge in [-0.25, -0.2) is 4.79 Å². The third-order valence-electron chi connectivity index (χ3n) is 0.852. The lowest BCUT2D eigenvalue weighted by molar-refractivity contribution is -0.140. The van der Waals surface area contributed by atoms with Gasteiger partial charge >= 0.3 is 5.97 Å². The Hall–Kier alpha value is -0.420. The van der Waals surface area contributed by atoms with Crippen LogP contribution in [0.1, 0.15) is 6.92 Å². The minimum atomic E-state index is -1.29. The Balaban J connectivity index is 4.21. The largest absolute Gasteiger partial charge is 0.467 e. The van der Waals surface area contributed by atoms with Gasteiger partial charge in [0.05, 0.1) is 7.11 Å². The molecule has 4 nitrogen and oxygen atoms in total. The van der Waals surface area contributed by atoms with Crippen LogP contribution in [0.25, 0.3) is 0 Å². The summed E-state index contributed by atoms with van der Waals surface area (Å²) >= 11 is 6.39. The van der Waals surface area contributed by atoms with Crippen LogP contribution in [-0.4, -0.2) is 22.5 Å². The predicted octanol–water partition coefficient (Wildman–Crippen LogP) is 0.741. The summed E-state index contributed by atoms with van der Waals surface area (Å²) in [5.74, 6) is -0.612. The number of halogens is 1. The van der Waals surface area contributed by atoms with E-state index in [1.807, 2.05) is 0 Å². The molecular formula is C5H9ClN2O2S. The Morgan fingerprint density at radius 3 is 2.55 bits per heavy atom. The molecule has 0 radical (unpaired) electrons. The third kappa shape index (κ3) is 3.48. The van der Waals surface area contributed by atoms with Crippen molar-refractivity contribution in [1.29, 1.82) is 5.41 Å². The fourth-order valence-electron chi connectivity index (χ4n) is 0.430. The van der Waals surface area contributed by atoms with Crippen LogP contribution in [0.4, 0.5) is 0 Å². The molecule has 0 aromatic carbocycles. The second kappa shape index (κ2) is 3.82. The van der Waals surface area contributed by atoms with E-state index in [0.29, 0.717) is 0 Å². The van der Waals surface area contributed by atoms with E-state index in [1.165, 1.54) is 14.0 Å². The van der Waals surface area contributed by atoms with Crippen molar-refractivity contribution in [3.63, 3.8) is 0 Å². The molecule has 6 heteroatoms. The number of alkyl halides is 1.